The second-order valence-corrected chi connectivity index (χ2v) is 6.13. The van der Waals surface area contributed by atoms with E-state index in [0.29, 0.717) is 12.1 Å². The van der Waals surface area contributed by atoms with Crippen LogP contribution in [0.3, 0.4) is 0 Å². The molecule has 0 saturated heterocycles. The van der Waals surface area contributed by atoms with Crippen LogP contribution in [0.25, 0.3) is 11.5 Å². The average molecular weight is 293 g/mol. The second-order valence-electron chi connectivity index (χ2n) is 5.76. The fourth-order valence-corrected chi connectivity index (χ4v) is 2.31. The van der Waals surface area contributed by atoms with Gasteiger partial charge in [0.1, 0.15) is 5.56 Å². The Morgan fingerprint density at radius 2 is 2.10 bits per heavy atom. The number of pyridine rings is 1. The molecular formula is C14H19N3O2S. The molecule has 2 aromatic heterocycles. The first-order valence-electron chi connectivity index (χ1n) is 6.64. The molecule has 0 atom stereocenters. The maximum Gasteiger partial charge on any atom is 0.284 e. The van der Waals surface area contributed by atoms with Crippen LogP contribution < -0.4 is 5.56 Å². The van der Waals surface area contributed by atoms with Crippen LogP contribution in [0.1, 0.15) is 39.8 Å². The smallest absolute Gasteiger partial charge is 0.284 e. The number of hydrogen-bond donors (Lipinski definition) is 1. The zero-order valence-corrected chi connectivity index (χ0v) is 13.0. The van der Waals surface area contributed by atoms with Crippen LogP contribution in [0.5, 0.6) is 0 Å². The van der Waals surface area contributed by atoms with E-state index in [1.165, 1.54) is 0 Å². The van der Waals surface area contributed by atoms with Crippen LogP contribution in [-0.2, 0) is 12.0 Å². The summed E-state index contributed by atoms with van der Waals surface area (Å²) < 4.78 is 7.04. The third-order valence-corrected chi connectivity index (χ3v) is 3.23. The molecule has 108 valence electrons. The fraction of sp³-hybridized carbons (Fsp3) is 0.500. The number of nitrogens with one attached hydrogen (secondary N) is 1. The Kier molecular flexibility index (Phi) is 3.94. The van der Waals surface area contributed by atoms with Gasteiger partial charge in [0, 0.05) is 17.7 Å². The van der Waals surface area contributed by atoms with Crippen LogP contribution >= 0.6 is 12.2 Å². The first-order valence-corrected chi connectivity index (χ1v) is 7.05. The highest BCUT2D eigenvalue weighted by molar-refractivity contribution is 7.71. The van der Waals surface area contributed by atoms with Gasteiger partial charge in [-0.25, -0.2) is 5.10 Å². The van der Waals surface area contributed by atoms with Crippen molar-refractivity contribution < 1.29 is 4.42 Å². The van der Waals surface area contributed by atoms with E-state index in [0.717, 1.165) is 12.1 Å². The van der Waals surface area contributed by atoms with Crippen molar-refractivity contribution >= 4 is 12.2 Å². The van der Waals surface area contributed by atoms with Crippen molar-refractivity contribution in [2.24, 2.45) is 0 Å². The predicted octanol–water partition coefficient (Wildman–Crippen LogP) is 3.27. The molecule has 0 aliphatic rings. The highest BCUT2D eigenvalue weighted by atomic mass is 32.1. The molecule has 0 unspecified atom stereocenters. The lowest BCUT2D eigenvalue weighted by Gasteiger charge is -2.24. The lowest BCUT2D eigenvalue weighted by molar-refractivity contribution is 0.495. The molecule has 5 nitrogen and oxygen atoms in total. The Morgan fingerprint density at radius 1 is 1.40 bits per heavy atom. The summed E-state index contributed by atoms with van der Waals surface area (Å²) in [6.07, 6.45) is 0.885. The molecule has 0 aliphatic carbocycles. The lowest BCUT2D eigenvalue weighted by atomic mass is 9.90. The standard InChI is InChI=1S/C14H19N3O2S/c1-5-8-17-10(14(2,3)4)7-6-9(12(17)18)11-15-16-13(20)19-11/h6-7H,5,8H2,1-4H3,(H,16,20). The van der Waals surface area contributed by atoms with Gasteiger partial charge in [-0.1, -0.05) is 27.7 Å². The summed E-state index contributed by atoms with van der Waals surface area (Å²) in [7, 11) is 0. The monoisotopic (exact) mass is 293 g/mol. The van der Waals surface area contributed by atoms with Crippen LogP contribution in [0.4, 0.5) is 0 Å². The minimum Gasteiger partial charge on any atom is -0.409 e. The predicted molar refractivity (Wildman–Crippen MR) is 80.4 cm³/mol. The third-order valence-electron chi connectivity index (χ3n) is 3.06. The summed E-state index contributed by atoms with van der Waals surface area (Å²) in [5, 5.41) is 6.47. The molecule has 20 heavy (non-hydrogen) atoms. The molecule has 0 spiro atoms. The molecule has 0 radical (unpaired) electrons. The van der Waals surface area contributed by atoms with E-state index < -0.39 is 0 Å². The van der Waals surface area contributed by atoms with Crippen LogP contribution in [0, 0.1) is 4.84 Å². The Morgan fingerprint density at radius 3 is 2.60 bits per heavy atom. The molecule has 2 aromatic rings. The molecular weight excluding hydrogens is 274 g/mol. The summed E-state index contributed by atoms with van der Waals surface area (Å²) in [6.45, 7) is 8.99. The molecule has 0 amide bonds. The van der Waals surface area contributed by atoms with Crippen molar-refractivity contribution in [1.29, 1.82) is 0 Å². The quantitative estimate of drug-likeness (QED) is 0.882. The van der Waals surface area contributed by atoms with Crippen LogP contribution in [-0.4, -0.2) is 14.8 Å². The SMILES string of the molecule is CCCn1c(C(C)(C)C)ccc(-c2n[nH]c(=S)o2)c1=O. The van der Waals surface area contributed by atoms with Crippen molar-refractivity contribution in [2.45, 2.75) is 46.1 Å². The Hall–Kier alpha value is -1.69. The van der Waals surface area contributed by atoms with Gasteiger partial charge in [-0.05, 0) is 30.8 Å². The van der Waals surface area contributed by atoms with Gasteiger partial charge in [0.2, 0.25) is 0 Å². The van der Waals surface area contributed by atoms with E-state index in [4.69, 9.17) is 16.6 Å². The minimum atomic E-state index is -0.0985. The Labute approximate surface area is 122 Å². The molecule has 2 rings (SSSR count). The second kappa shape index (κ2) is 5.36. The molecule has 0 fully saturated rings. The van der Waals surface area contributed by atoms with Gasteiger partial charge < -0.3 is 8.98 Å². The Balaban J connectivity index is 2.67. The van der Waals surface area contributed by atoms with Gasteiger partial charge in [0.25, 0.3) is 16.3 Å². The number of aromatic amines is 1. The topological polar surface area (TPSA) is 63.8 Å². The van der Waals surface area contributed by atoms with Crippen LogP contribution in [0.2, 0.25) is 0 Å². The number of rotatable bonds is 3. The maximum absolute atomic E-state index is 12.7. The third kappa shape index (κ3) is 2.75. The summed E-state index contributed by atoms with van der Waals surface area (Å²) in [5.41, 5.74) is 1.24. The molecule has 0 saturated carbocycles. The highest BCUT2D eigenvalue weighted by Crippen LogP contribution is 2.23. The van der Waals surface area contributed by atoms with Crippen LogP contribution in [0.15, 0.2) is 21.3 Å². The van der Waals surface area contributed by atoms with Crippen molar-refractivity contribution in [1.82, 2.24) is 14.8 Å². The number of aromatic nitrogens is 3. The summed E-state index contributed by atoms with van der Waals surface area (Å²) in [4.78, 5) is 12.8. The first kappa shape index (κ1) is 14.7. The lowest BCUT2D eigenvalue weighted by Crippen LogP contribution is -2.30. The zero-order chi connectivity index (χ0) is 14.9. The largest absolute Gasteiger partial charge is 0.409 e. The molecule has 6 heteroatoms. The van der Waals surface area contributed by atoms with Gasteiger partial charge in [-0.2, -0.15) is 0 Å². The van der Waals surface area contributed by atoms with Gasteiger partial charge >= 0.3 is 0 Å². The first-order chi connectivity index (χ1) is 9.34. The van der Waals surface area contributed by atoms with Gasteiger partial charge in [0.15, 0.2) is 0 Å². The Bertz CT molecular complexity index is 719. The maximum atomic E-state index is 12.7. The summed E-state index contributed by atoms with van der Waals surface area (Å²) >= 11 is 4.85. The zero-order valence-electron chi connectivity index (χ0n) is 12.2. The van der Waals surface area contributed by atoms with Crippen molar-refractivity contribution in [3.05, 3.63) is 33.0 Å². The van der Waals surface area contributed by atoms with E-state index in [1.807, 2.05) is 13.0 Å². The van der Waals surface area contributed by atoms with E-state index >= 15 is 0 Å². The highest BCUT2D eigenvalue weighted by Gasteiger charge is 2.21. The van der Waals surface area contributed by atoms with Gasteiger partial charge in [-0.15, -0.1) is 5.10 Å². The molecule has 2 heterocycles. The number of nitrogens with zero attached hydrogens (tertiary/aromatic N) is 2. The van der Waals surface area contributed by atoms with Gasteiger partial charge in [0.05, 0.1) is 0 Å². The van der Waals surface area contributed by atoms with Crippen molar-refractivity contribution in [2.75, 3.05) is 0 Å². The molecule has 0 aromatic carbocycles. The minimum absolute atomic E-state index is 0.0930. The van der Waals surface area contributed by atoms with E-state index in [9.17, 15) is 4.79 Å². The normalized spacial score (nSPS) is 11.8. The molecule has 0 bridgehead atoms. The van der Waals surface area contributed by atoms with Crippen molar-refractivity contribution in [3.63, 3.8) is 0 Å². The fourth-order valence-electron chi connectivity index (χ4n) is 2.19. The van der Waals surface area contributed by atoms with Crippen molar-refractivity contribution in [3.8, 4) is 11.5 Å². The van der Waals surface area contributed by atoms with E-state index in [2.05, 4.69) is 31.0 Å². The molecule has 0 aliphatic heterocycles. The van der Waals surface area contributed by atoms with Gasteiger partial charge in [-0.3, -0.25) is 4.79 Å². The van der Waals surface area contributed by atoms with E-state index in [1.54, 1.807) is 10.6 Å². The average Bonchev–Trinajstić information content (AvgIpc) is 2.77. The summed E-state index contributed by atoms with van der Waals surface area (Å²) in [6, 6.07) is 3.71. The number of H-pyrrole nitrogens is 1. The summed E-state index contributed by atoms with van der Waals surface area (Å²) in [5.74, 6) is 0.241. The molecule has 1 N–H and O–H groups in total. The van der Waals surface area contributed by atoms with E-state index in [-0.39, 0.29) is 21.7 Å². The number of hydrogen-bond acceptors (Lipinski definition) is 4.